The summed E-state index contributed by atoms with van der Waals surface area (Å²) in [6.45, 7) is 10.7. The van der Waals surface area contributed by atoms with Gasteiger partial charge in [0.05, 0.1) is 13.2 Å². The van der Waals surface area contributed by atoms with Gasteiger partial charge in [-0.05, 0) is 29.4 Å². The van der Waals surface area contributed by atoms with Gasteiger partial charge in [-0.1, -0.05) is 38.4 Å². The summed E-state index contributed by atoms with van der Waals surface area (Å²) in [5.41, 5.74) is 0.961. The highest BCUT2D eigenvalue weighted by molar-refractivity contribution is 7.99. The first-order valence-corrected chi connectivity index (χ1v) is 10.3. The average molecular weight is 413 g/mol. The fraction of sp³-hybridized carbons (Fsp3) is 0.550. The second-order valence-corrected chi connectivity index (χ2v) is 7.76. The minimum atomic E-state index is -0.434. The maximum atomic E-state index is 13.4. The lowest BCUT2D eigenvalue weighted by Crippen LogP contribution is -2.32. The van der Waals surface area contributed by atoms with Crippen LogP contribution in [0.4, 0.5) is 9.18 Å². The van der Waals surface area contributed by atoms with Crippen LogP contribution in [0.25, 0.3) is 0 Å². The Morgan fingerprint density at radius 2 is 2.25 bits per heavy atom. The number of amides is 1. The number of ether oxygens (including phenoxy) is 3. The third-order valence-corrected chi connectivity index (χ3v) is 4.98. The summed E-state index contributed by atoms with van der Waals surface area (Å²) in [5, 5.41) is 4.44. The fourth-order valence-corrected chi connectivity index (χ4v) is 3.51. The predicted molar refractivity (Wildman–Crippen MR) is 109 cm³/mol. The molecule has 1 amide bonds. The number of rotatable bonds is 11. The molecular formula is C20H29FN2O4S. The van der Waals surface area contributed by atoms with Crippen molar-refractivity contribution in [3.8, 4) is 5.75 Å². The van der Waals surface area contributed by atoms with E-state index in [0.717, 1.165) is 18.5 Å². The number of alkyl carbamates (subject to hydrolysis) is 1. The fourth-order valence-electron chi connectivity index (χ4n) is 2.84. The van der Waals surface area contributed by atoms with Gasteiger partial charge in [0.2, 0.25) is 0 Å². The summed E-state index contributed by atoms with van der Waals surface area (Å²) in [4.78, 5) is 11.8. The molecule has 28 heavy (non-hydrogen) atoms. The molecule has 1 atom stereocenters. The Kier molecular flexibility index (Phi) is 9.60. The topological polar surface area (TPSA) is 60.0 Å². The zero-order valence-electron chi connectivity index (χ0n) is 16.5. The summed E-state index contributed by atoms with van der Waals surface area (Å²) >= 11 is 1.53. The van der Waals surface area contributed by atoms with Crippen molar-refractivity contribution in [1.82, 2.24) is 9.62 Å². The van der Waals surface area contributed by atoms with Gasteiger partial charge in [-0.15, -0.1) is 0 Å². The van der Waals surface area contributed by atoms with Crippen LogP contribution in [-0.4, -0.2) is 56.0 Å². The van der Waals surface area contributed by atoms with E-state index >= 15 is 0 Å². The van der Waals surface area contributed by atoms with Crippen LogP contribution in [0, 0.1) is 5.82 Å². The lowest BCUT2D eigenvalue weighted by atomic mass is 10.0. The first-order chi connectivity index (χ1) is 13.5. The minimum Gasteiger partial charge on any atom is -0.491 e. The Bertz CT molecular complexity index is 645. The smallest absolute Gasteiger partial charge is 0.407 e. The molecule has 1 unspecified atom stereocenters. The minimum absolute atomic E-state index is 0.0943. The Balaban J connectivity index is 1.55. The number of benzene rings is 1. The van der Waals surface area contributed by atoms with E-state index in [4.69, 9.17) is 14.2 Å². The maximum Gasteiger partial charge on any atom is 0.407 e. The van der Waals surface area contributed by atoms with Crippen LogP contribution in [0.5, 0.6) is 5.75 Å². The Morgan fingerprint density at radius 3 is 3.00 bits per heavy atom. The summed E-state index contributed by atoms with van der Waals surface area (Å²) < 4.78 is 31.9. The maximum absolute atomic E-state index is 13.4. The van der Waals surface area contributed by atoms with E-state index in [1.807, 2.05) is 13.8 Å². The molecule has 156 valence electrons. The number of carbonyl (C=O) groups is 1. The average Bonchev–Trinajstić information content (AvgIpc) is 3.08. The van der Waals surface area contributed by atoms with Gasteiger partial charge in [0, 0.05) is 25.7 Å². The van der Waals surface area contributed by atoms with E-state index in [2.05, 4.69) is 16.2 Å². The summed E-state index contributed by atoms with van der Waals surface area (Å²) in [6.07, 6.45) is 0.292. The number of nitrogens with one attached hydrogen (secondary N) is 1. The molecule has 0 radical (unpaired) electrons. The number of carbonyl (C=O) groups excluding carboxylic acids is 1. The van der Waals surface area contributed by atoms with Gasteiger partial charge in [-0.2, -0.15) is 0 Å². The molecule has 1 fully saturated rings. The molecule has 0 bridgehead atoms. The van der Waals surface area contributed by atoms with Gasteiger partial charge < -0.3 is 19.5 Å². The van der Waals surface area contributed by atoms with Crippen molar-refractivity contribution in [3.05, 3.63) is 41.6 Å². The summed E-state index contributed by atoms with van der Waals surface area (Å²) in [6, 6.07) is 4.57. The van der Waals surface area contributed by atoms with Crippen LogP contribution >= 0.6 is 11.9 Å². The first-order valence-electron chi connectivity index (χ1n) is 9.46. The van der Waals surface area contributed by atoms with Crippen LogP contribution in [0.2, 0.25) is 0 Å². The van der Waals surface area contributed by atoms with Crippen molar-refractivity contribution in [2.45, 2.75) is 32.3 Å². The van der Waals surface area contributed by atoms with Crippen LogP contribution in [0.1, 0.15) is 31.7 Å². The molecule has 0 aliphatic carbocycles. The molecule has 1 N–H and O–H groups in total. The molecule has 1 saturated heterocycles. The van der Waals surface area contributed by atoms with Gasteiger partial charge in [0.25, 0.3) is 0 Å². The highest BCUT2D eigenvalue weighted by atomic mass is 32.2. The van der Waals surface area contributed by atoms with Gasteiger partial charge in [0.15, 0.2) is 0 Å². The lowest BCUT2D eigenvalue weighted by molar-refractivity contribution is 0.0874. The van der Waals surface area contributed by atoms with Crippen molar-refractivity contribution < 1.29 is 23.4 Å². The molecular weight excluding hydrogens is 383 g/mol. The zero-order chi connectivity index (χ0) is 20.4. The van der Waals surface area contributed by atoms with E-state index in [0.29, 0.717) is 38.7 Å². The molecule has 6 nitrogen and oxygen atoms in total. The normalized spacial score (nSPS) is 16.9. The zero-order valence-corrected chi connectivity index (χ0v) is 17.3. The van der Waals surface area contributed by atoms with Gasteiger partial charge in [-0.25, -0.2) is 13.5 Å². The van der Waals surface area contributed by atoms with Crippen molar-refractivity contribution in [1.29, 1.82) is 0 Å². The molecule has 0 saturated carbocycles. The molecule has 8 heteroatoms. The monoisotopic (exact) mass is 412 g/mol. The molecule has 1 aromatic carbocycles. The third kappa shape index (κ3) is 7.69. The second kappa shape index (κ2) is 11.9. The van der Waals surface area contributed by atoms with Crippen molar-refractivity contribution >= 4 is 18.0 Å². The van der Waals surface area contributed by atoms with Gasteiger partial charge in [0.1, 0.15) is 24.3 Å². The van der Waals surface area contributed by atoms with Crippen LogP contribution in [0.15, 0.2) is 30.2 Å². The number of nitrogens with zero attached hydrogens (tertiary/aromatic N) is 1. The first kappa shape index (κ1) is 22.5. The van der Waals surface area contributed by atoms with Crippen molar-refractivity contribution in [2.75, 3.05) is 39.5 Å². The Hall–Kier alpha value is -1.77. The van der Waals surface area contributed by atoms with Crippen molar-refractivity contribution in [2.24, 2.45) is 0 Å². The standard InChI is InChI=1S/C20H29FN2O4S/c1-4-28-23-9-7-17(14-23)27-20(24)22-8-10-25-11-12-26-19-13-16(21)5-6-18(19)15(2)3/h4-6,13,15,17H,1,7-12,14H2,2-3H3,(H,22,24). The van der Waals surface area contributed by atoms with Crippen LogP contribution < -0.4 is 10.1 Å². The number of hydrogen-bond donors (Lipinski definition) is 1. The highest BCUT2D eigenvalue weighted by Gasteiger charge is 2.25. The van der Waals surface area contributed by atoms with Gasteiger partial charge >= 0.3 is 6.09 Å². The SMILES string of the molecule is C=CSN1CCC(OC(=O)NCCOCCOc2cc(F)ccc2C(C)C)C1. The number of halogens is 1. The summed E-state index contributed by atoms with van der Waals surface area (Å²) in [7, 11) is 0. The molecule has 1 aromatic rings. The van der Waals surface area contributed by atoms with Crippen LogP contribution in [-0.2, 0) is 9.47 Å². The van der Waals surface area contributed by atoms with E-state index in [1.165, 1.54) is 24.1 Å². The van der Waals surface area contributed by atoms with E-state index in [1.54, 1.807) is 11.5 Å². The number of hydrogen-bond acceptors (Lipinski definition) is 6. The lowest BCUT2D eigenvalue weighted by Gasteiger charge is -2.15. The molecule has 1 aliphatic heterocycles. The molecule has 2 rings (SSSR count). The van der Waals surface area contributed by atoms with E-state index in [-0.39, 0.29) is 17.8 Å². The van der Waals surface area contributed by atoms with E-state index < -0.39 is 6.09 Å². The molecule has 0 aromatic heterocycles. The third-order valence-electron chi connectivity index (χ3n) is 4.20. The predicted octanol–water partition coefficient (Wildman–Crippen LogP) is 3.94. The highest BCUT2D eigenvalue weighted by Crippen LogP contribution is 2.27. The van der Waals surface area contributed by atoms with Crippen LogP contribution in [0.3, 0.4) is 0 Å². The molecule has 1 aliphatic rings. The van der Waals surface area contributed by atoms with Crippen molar-refractivity contribution in [3.63, 3.8) is 0 Å². The molecule has 0 spiro atoms. The largest absolute Gasteiger partial charge is 0.491 e. The Morgan fingerprint density at radius 1 is 1.43 bits per heavy atom. The van der Waals surface area contributed by atoms with E-state index in [9.17, 15) is 9.18 Å². The molecule has 1 heterocycles. The van der Waals surface area contributed by atoms with Gasteiger partial charge in [-0.3, -0.25) is 0 Å². The quantitative estimate of drug-likeness (QED) is 0.439. The summed E-state index contributed by atoms with van der Waals surface area (Å²) in [5.74, 6) is 0.464. The Labute approximate surface area is 170 Å². The second-order valence-electron chi connectivity index (χ2n) is 6.70.